The Morgan fingerprint density at radius 1 is 1.38 bits per heavy atom. The van der Waals surface area contributed by atoms with E-state index in [2.05, 4.69) is 10.3 Å². The molecule has 2 saturated heterocycles. The van der Waals surface area contributed by atoms with Crippen LogP contribution in [0.15, 0.2) is 30.6 Å². The number of likely N-dealkylation sites (tertiary alicyclic amines) is 1. The smallest absolute Gasteiger partial charge is 0.246 e. The van der Waals surface area contributed by atoms with Gasteiger partial charge in [0.15, 0.2) is 0 Å². The molecule has 2 amide bonds. The van der Waals surface area contributed by atoms with E-state index >= 15 is 0 Å². The summed E-state index contributed by atoms with van der Waals surface area (Å²) in [4.78, 5) is 29.4. The maximum atomic E-state index is 12.2. The van der Waals surface area contributed by atoms with E-state index < -0.39 is 0 Å². The van der Waals surface area contributed by atoms with Crippen molar-refractivity contribution in [2.45, 2.75) is 19.3 Å². The number of pyridine rings is 1. The van der Waals surface area contributed by atoms with Gasteiger partial charge in [0.05, 0.1) is 0 Å². The predicted octanol–water partition coefficient (Wildman–Crippen LogP) is 1.22. The van der Waals surface area contributed by atoms with Gasteiger partial charge in [0.25, 0.3) is 0 Å². The van der Waals surface area contributed by atoms with Crippen LogP contribution in [0.5, 0.6) is 0 Å². The standard InChI is InChI=1S/C16H19N3O2/c20-14-10-16(12-18-14)5-8-19(9-6-16)15(21)4-3-13-2-1-7-17-11-13/h1-4,7,11H,5-6,8-10,12H2,(H,18,20). The van der Waals surface area contributed by atoms with E-state index in [1.165, 1.54) is 0 Å². The van der Waals surface area contributed by atoms with Gasteiger partial charge in [-0.15, -0.1) is 0 Å². The quantitative estimate of drug-likeness (QED) is 0.831. The molecule has 0 radical (unpaired) electrons. The topological polar surface area (TPSA) is 62.3 Å². The lowest BCUT2D eigenvalue weighted by molar-refractivity contribution is -0.128. The molecule has 0 atom stereocenters. The maximum absolute atomic E-state index is 12.2. The molecular weight excluding hydrogens is 266 g/mol. The zero-order chi connectivity index (χ0) is 14.7. The van der Waals surface area contributed by atoms with Crippen molar-refractivity contribution in [3.63, 3.8) is 0 Å². The summed E-state index contributed by atoms with van der Waals surface area (Å²) >= 11 is 0. The Balaban J connectivity index is 1.56. The molecule has 0 saturated carbocycles. The van der Waals surface area contributed by atoms with Crippen LogP contribution in [0.4, 0.5) is 0 Å². The van der Waals surface area contributed by atoms with Crippen molar-refractivity contribution in [2.24, 2.45) is 5.41 Å². The number of nitrogens with zero attached hydrogens (tertiary/aromatic N) is 2. The molecule has 5 nitrogen and oxygen atoms in total. The molecule has 0 aromatic carbocycles. The van der Waals surface area contributed by atoms with Gasteiger partial charge in [0.2, 0.25) is 11.8 Å². The molecule has 21 heavy (non-hydrogen) atoms. The normalized spacial score (nSPS) is 21.0. The van der Waals surface area contributed by atoms with E-state index in [0.29, 0.717) is 6.42 Å². The molecule has 1 aromatic heterocycles. The monoisotopic (exact) mass is 285 g/mol. The second-order valence-electron chi connectivity index (χ2n) is 5.90. The van der Waals surface area contributed by atoms with Gasteiger partial charge in [-0.1, -0.05) is 6.07 Å². The number of hydrogen-bond acceptors (Lipinski definition) is 3. The van der Waals surface area contributed by atoms with Crippen LogP contribution in [0.1, 0.15) is 24.8 Å². The Kier molecular flexibility index (Phi) is 3.73. The molecule has 1 aromatic rings. The van der Waals surface area contributed by atoms with Gasteiger partial charge < -0.3 is 10.2 Å². The van der Waals surface area contributed by atoms with E-state index in [4.69, 9.17) is 0 Å². The highest BCUT2D eigenvalue weighted by Gasteiger charge is 2.41. The van der Waals surface area contributed by atoms with Crippen LogP contribution in [0.3, 0.4) is 0 Å². The number of piperidine rings is 1. The first-order valence-corrected chi connectivity index (χ1v) is 7.31. The maximum Gasteiger partial charge on any atom is 0.246 e. The number of carbonyl (C=O) groups is 2. The average molecular weight is 285 g/mol. The minimum atomic E-state index is 0.0333. The lowest BCUT2D eigenvalue weighted by Gasteiger charge is -2.37. The van der Waals surface area contributed by atoms with Gasteiger partial charge in [-0.05, 0) is 36.0 Å². The summed E-state index contributed by atoms with van der Waals surface area (Å²) in [5.41, 5.74) is 1.01. The fourth-order valence-electron chi connectivity index (χ4n) is 3.05. The Labute approximate surface area is 124 Å². The lowest BCUT2D eigenvalue weighted by Crippen LogP contribution is -2.43. The molecule has 2 aliphatic heterocycles. The highest BCUT2D eigenvalue weighted by molar-refractivity contribution is 5.91. The fraction of sp³-hybridized carbons (Fsp3) is 0.438. The van der Waals surface area contributed by atoms with Crippen LogP contribution in [0.2, 0.25) is 0 Å². The third-order valence-electron chi connectivity index (χ3n) is 4.43. The molecule has 110 valence electrons. The third-order valence-corrected chi connectivity index (χ3v) is 4.43. The van der Waals surface area contributed by atoms with Crippen LogP contribution in [-0.4, -0.2) is 41.3 Å². The minimum Gasteiger partial charge on any atom is -0.356 e. The Hall–Kier alpha value is -2.17. The molecule has 2 fully saturated rings. The van der Waals surface area contributed by atoms with Crippen LogP contribution in [-0.2, 0) is 9.59 Å². The highest BCUT2D eigenvalue weighted by Crippen LogP contribution is 2.37. The first-order chi connectivity index (χ1) is 10.2. The third kappa shape index (κ3) is 3.12. The first kappa shape index (κ1) is 13.8. The zero-order valence-corrected chi connectivity index (χ0v) is 11.9. The molecule has 0 bridgehead atoms. The van der Waals surface area contributed by atoms with Gasteiger partial charge in [0.1, 0.15) is 0 Å². The van der Waals surface area contributed by atoms with Crippen LogP contribution < -0.4 is 5.32 Å². The summed E-state index contributed by atoms with van der Waals surface area (Å²) in [5.74, 6) is 0.178. The van der Waals surface area contributed by atoms with Crippen molar-refractivity contribution in [1.82, 2.24) is 15.2 Å². The number of amides is 2. The number of carbonyl (C=O) groups excluding carboxylic acids is 2. The largest absolute Gasteiger partial charge is 0.356 e. The number of rotatable bonds is 2. The molecule has 2 aliphatic rings. The van der Waals surface area contributed by atoms with Gasteiger partial charge in [-0.25, -0.2) is 0 Å². The summed E-state index contributed by atoms with van der Waals surface area (Å²) in [6.45, 7) is 2.22. The van der Waals surface area contributed by atoms with Crippen molar-refractivity contribution in [3.8, 4) is 0 Å². The molecule has 5 heteroatoms. The Morgan fingerprint density at radius 3 is 2.81 bits per heavy atom. The fourth-order valence-corrected chi connectivity index (χ4v) is 3.05. The van der Waals surface area contributed by atoms with E-state index in [9.17, 15) is 9.59 Å². The van der Waals surface area contributed by atoms with E-state index in [1.807, 2.05) is 17.0 Å². The van der Waals surface area contributed by atoms with Crippen molar-refractivity contribution >= 4 is 17.9 Å². The van der Waals surface area contributed by atoms with Gasteiger partial charge in [0, 0.05) is 44.5 Å². The molecule has 0 aliphatic carbocycles. The van der Waals surface area contributed by atoms with Crippen molar-refractivity contribution < 1.29 is 9.59 Å². The van der Waals surface area contributed by atoms with Crippen LogP contribution >= 0.6 is 0 Å². The van der Waals surface area contributed by atoms with Crippen molar-refractivity contribution in [1.29, 1.82) is 0 Å². The summed E-state index contributed by atoms with van der Waals surface area (Å²) in [7, 11) is 0. The van der Waals surface area contributed by atoms with Crippen molar-refractivity contribution in [2.75, 3.05) is 19.6 Å². The molecule has 3 heterocycles. The molecule has 1 spiro atoms. The highest BCUT2D eigenvalue weighted by atomic mass is 16.2. The second kappa shape index (κ2) is 5.68. The Bertz CT molecular complexity index is 560. The van der Waals surface area contributed by atoms with Gasteiger partial charge in [-0.2, -0.15) is 0 Å². The van der Waals surface area contributed by atoms with E-state index in [0.717, 1.165) is 38.0 Å². The minimum absolute atomic E-state index is 0.0333. The van der Waals surface area contributed by atoms with Gasteiger partial charge in [-0.3, -0.25) is 14.6 Å². The summed E-state index contributed by atoms with van der Waals surface area (Å²) in [6, 6.07) is 3.76. The first-order valence-electron chi connectivity index (χ1n) is 7.31. The zero-order valence-electron chi connectivity index (χ0n) is 11.9. The van der Waals surface area contributed by atoms with Gasteiger partial charge >= 0.3 is 0 Å². The molecular formula is C16H19N3O2. The molecule has 0 unspecified atom stereocenters. The number of aromatic nitrogens is 1. The SMILES string of the molecule is O=C1CC2(CCN(C(=O)C=Cc3cccnc3)CC2)CN1. The predicted molar refractivity (Wildman–Crippen MR) is 79.1 cm³/mol. The lowest BCUT2D eigenvalue weighted by atomic mass is 9.77. The number of nitrogens with one attached hydrogen (secondary N) is 1. The summed E-state index contributed by atoms with van der Waals surface area (Å²) in [6.07, 6.45) is 9.25. The summed E-state index contributed by atoms with van der Waals surface area (Å²) < 4.78 is 0. The van der Waals surface area contributed by atoms with E-state index in [-0.39, 0.29) is 17.2 Å². The van der Waals surface area contributed by atoms with Crippen molar-refractivity contribution in [3.05, 3.63) is 36.2 Å². The van der Waals surface area contributed by atoms with Crippen LogP contribution in [0.25, 0.3) is 6.08 Å². The summed E-state index contributed by atoms with van der Waals surface area (Å²) in [5, 5.41) is 2.91. The average Bonchev–Trinajstić information content (AvgIpc) is 2.87. The number of hydrogen-bond donors (Lipinski definition) is 1. The molecule has 1 N–H and O–H groups in total. The second-order valence-corrected chi connectivity index (χ2v) is 5.90. The van der Waals surface area contributed by atoms with E-state index in [1.54, 1.807) is 24.5 Å². The van der Waals surface area contributed by atoms with Crippen LogP contribution in [0, 0.1) is 5.41 Å². The molecule has 3 rings (SSSR count). The Morgan fingerprint density at radius 2 is 2.19 bits per heavy atom.